The van der Waals surface area contributed by atoms with Crippen molar-refractivity contribution in [3.05, 3.63) is 29.1 Å². The molecule has 0 aliphatic heterocycles. The summed E-state index contributed by atoms with van der Waals surface area (Å²) >= 11 is 0. The van der Waals surface area contributed by atoms with Gasteiger partial charge < -0.3 is 4.74 Å². The Bertz CT molecular complexity index is 281. The number of aryl methyl sites for hydroxylation is 2. The van der Waals surface area contributed by atoms with Crippen LogP contribution in [0.15, 0.2) is 12.1 Å². The van der Waals surface area contributed by atoms with E-state index in [2.05, 4.69) is 0 Å². The van der Waals surface area contributed by atoms with Gasteiger partial charge in [-0.25, -0.2) is 4.39 Å². The second-order valence-corrected chi connectivity index (χ2v) is 2.80. The van der Waals surface area contributed by atoms with Crippen LogP contribution in [0.3, 0.4) is 0 Å². The molecule has 0 saturated heterocycles. The van der Waals surface area contributed by atoms with Crippen molar-refractivity contribution in [2.75, 3.05) is 6.61 Å². The predicted molar refractivity (Wildman–Crippen MR) is 47.0 cm³/mol. The van der Waals surface area contributed by atoms with Crippen LogP contribution < -0.4 is 4.74 Å². The maximum atomic E-state index is 13.1. The standard InChI is InChI=1S/C10H13FO/c1-4-12-10-6-8(3)7(2)5-9(10)11/h5-6H,4H2,1-3H3. The molecule has 0 N–H and O–H groups in total. The molecular formula is C10H13FO. The third-order valence-corrected chi connectivity index (χ3v) is 1.85. The monoisotopic (exact) mass is 168 g/mol. The number of halogens is 1. The summed E-state index contributed by atoms with van der Waals surface area (Å²) in [6.45, 7) is 6.17. The van der Waals surface area contributed by atoms with Gasteiger partial charge in [0.25, 0.3) is 0 Å². The maximum absolute atomic E-state index is 13.1. The Labute approximate surface area is 72.2 Å². The second-order valence-electron chi connectivity index (χ2n) is 2.80. The van der Waals surface area contributed by atoms with Crippen LogP contribution in [0.5, 0.6) is 5.75 Å². The number of hydrogen-bond acceptors (Lipinski definition) is 1. The Morgan fingerprint density at radius 2 is 1.83 bits per heavy atom. The zero-order chi connectivity index (χ0) is 9.14. The first-order valence-corrected chi connectivity index (χ1v) is 4.04. The molecule has 2 heteroatoms. The Balaban J connectivity index is 3.05. The van der Waals surface area contributed by atoms with Gasteiger partial charge in [-0.3, -0.25) is 0 Å². The fraction of sp³-hybridized carbons (Fsp3) is 0.400. The summed E-state index contributed by atoms with van der Waals surface area (Å²) in [5.74, 6) is 0.0700. The van der Waals surface area contributed by atoms with Gasteiger partial charge in [0.05, 0.1) is 6.61 Å². The highest BCUT2D eigenvalue weighted by atomic mass is 19.1. The van der Waals surface area contributed by atoms with Crippen molar-refractivity contribution in [1.82, 2.24) is 0 Å². The molecule has 0 amide bonds. The van der Waals surface area contributed by atoms with Gasteiger partial charge in [0, 0.05) is 0 Å². The summed E-state index contributed by atoms with van der Waals surface area (Å²) in [7, 11) is 0. The average Bonchev–Trinajstić information content (AvgIpc) is 2.01. The summed E-state index contributed by atoms with van der Waals surface area (Å²) in [5.41, 5.74) is 2.01. The molecule has 12 heavy (non-hydrogen) atoms. The molecule has 0 aliphatic rings. The van der Waals surface area contributed by atoms with Gasteiger partial charge in [-0.1, -0.05) is 0 Å². The minimum absolute atomic E-state index is 0.278. The Hall–Kier alpha value is -1.05. The van der Waals surface area contributed by atoms with E-state index in [9.17, 15) is 4.39 Å². The molecule has 1 aromatic carbocycles. The molecule has 1 aromatic rings. The number of hydrogen-bond donors (Lipinski definition) is 0. The Morgan fingerprint density at radius 3 is 2.42 bits per heavy atom. The lowest BCUT2D eigenvalue weighted by molar-refractivity contribution is 0.321. The van der Waals surface area contributed by atoms with Crippen LogP contribution in [0.4, 0.5) is 4.39 Å². The molecular weight excluding hydrogens is 155 g/mol. The topological polar surface area (TPSA) is 9.23 Å². The fourth-order valence-corrected chi connectivity index (χ4v) is 1.02. The SMILES string of the molecule is CCOc1cc(C)c(C)cc1F. The molecule has 0 aliphatic carbocycles. The van der Waals surface area contributed by atoms with Crippen LogP contribution in [0.1, 0.15) is 18.1 Å². The van der Waals surface area contributed by atoms with Crippen LogP contribution in [-0.4, -0.2) is 6.61 Å². The average molecular weight is 168 g/mol. The van der Waals surface area contributed by atoms with E-state index in [-0.39, 0.29) is 5.82 Å². The molecule has 1 rings (SSSR count). The highest BCUT2D eigenvalue weighted by Crippen LogP contribution is 2.21. The van der Waals surface area contributed by atoms with E-state index < -0.39 is 0 Å². The van der Waals surface area contributed by atoms with Crippen LogP contribution in [0, 0.1) is 19.7 Å². The van der Waals surface area contributed by atoms with E-state index in [1.165, 1.54) is 6.07 Å². The van der Waals surface area contributed by atoms with Crippen molar-refractivity contribution < 1.29 is 9.13 Å². The summed E-state index contributed by atoms with van der Waals surface area (Å²) < 4.78 is 18.2. The van der Waals surface area contributed by atoms with Gasteiger partial charge in [-0.05, 0) is 44.0 Å². The highest BCUT2D eigenvalue weighted by molar-refractivity contribution is 5.35. The van der Waals surface area contributed by atoms with Crippen molar-refractivity contribution in [3.63, 3.8) is 0 Å². The number of ether oxygens (including phenoxy) is 1. The lowest BCUT2D eigenvalue weighted by Crippen LogP contribution is -1.96. The maximum Gasteiger partial charge on any atom is 0.165 e. The van der Waals surface area contributed by atoms with Gasteiger partial charge in [0.2, 0.25) is 0 Å². The Morgan fingerprint density at radius 1 is 1.25 bits per heavy atom. The largest absolute Gasteiger partial charge is 0.491 e. The van der Waals surface area contributed by atoms with Crippen LogP contribution in [-0.2, 0) is 0 Å². The zero-order valence-electron chi connectivity index (χ0n) is 7.65. The first-order valence-electron chi connectivity index (χ1n) is 4.04. The van der Waals surface area contributed by atoms with Crippen molar-refractivity contribution in [2.24, 2.45) is 0 Å². The second kappa shape index (κ2) is 3.57. The number of rotatable bonds is 2. The van der Waals surface area contributed by atoms with Gasteiger partial charge in [0.1, 0.15) is 0 Å². The van der Waals surface area contributed by atoms with E-state index in [4.69, 9.17) is 4.74 Å². The van der Waals surface area contributed by atoms with Gasteiger partial charge in [-0.15, -0.1) is 0 Å². The first-order chi connectivity index (χ1) is 5.65. The lowest BCUT2D eigenvalue weighted by atomic mass is 10.1. The van der Waals surface area contributed by atoms with E-state index in [1.54, 1.807) is 6.07 Å². The first kappa shape index (κ1) is 9.04. The molecule has 0 radical (unpaired) electrons. The predicted octanol–water partition coefficient (Wildman–Crippen LogP) is 2.84. The summed E-state index contributed by atoms with van der Waals surface area (Å²) in [6, 6.07) is 3.23. The van der Waals surface area contributed by atoms with Gasteiger partial charge >= 0.3 is 0 Å². The van der Waals surface area contributed by atoms with E-state index in [0.29, 0.717) is 12.4 Å². The van der Waals surface area contributed by atoms with Gasteiger partial charge in [0.15, 0.2) is 11.6 Å². The van der Waals surface area contributed by atoms with E-state index >= 15 is 0 Å². The Kier molecular flexibility index (Phi) is 2.69. The van der Waals surface area contributed by atoms with Crippen LogP contribution >= 0.6 is 0 Å². The summed E-state index contributed by atoms with van der Waals surface area (Å²) in [5, 5.41) is 0. The molecule has 66 valence electrons. The van der Waals surface area contributed by atoms with E-state index in [0.717, 1.165) is 11.1 Å². The molecule has 0 bridgehead atoms. The lowest BCUT2D eigenvalue weighted by Gasteiger charge is -2.07. The fourth-order valence-electron chi connectivity index (χ4n) is 1.02. The smallest absolute Gasteiger partial charge is 0.165 e. The normalized spacial score (nSPS) is 10.0. The van der Waals surface area contributed by atoms with Crippen molar-refractivity contribution in [3.8, 4) is 5.75 Å². The number of benzene rings is 1. The summed E-state index contributed by atoms with van der Waals surface area (Å²) in [4.78, 5) is 0. The third kappa shape index (κ3) is 1.76. The zero-order valence-corrected chi connectivity index (χ0v) is 7.65. The van der Waals surface area contributed by atoms with E-state index in [1.807, 2.05) is 20.8 Å². The molecule has 0 unspecified atom stereocenters. The quantitative estimate of drug-likeness (QED) is 0.659. The van der Waals surface area contributed by atoms with Gasteiger partial charge in [-0.2, -0.15) is 0 Å². The van der Waals surface area contributed by atoms with Crippen LogP contribution in [0.2, 0.25) is 0 Å². The molecule has 0 spiro atoms. The molecule has 0 atom stereocenters. The molecule has 0 aromatic heterocycles. The van der Waals surface area contributed by atoms with Crippen molar-refractivity contribution in [1.29, 1.82) is 0 Å². The molecule has 1 nitrogen and oxygen atoms in total. The molecule has 0 fully saturated rings. The minimum Gasteiger partial charge on any atom is -0.491 e. The minimum atomic E-state index is -0.278. The van der Waals surface area contributed by atoms with Crippen molar-refractivity contribution in [2.45, 2.75) is 20.8 Å². The van der Waals surface area contributed by atoms with Crippen LogP contribution in [0.25, 0.3) is 0 Å². The molecule has 0 saturated carbocycles. The van der Waals surface area contributed by atoms with Crippen molar-refractivity contribution >= 4 is 0 Å². The molecule has 0 heterocycles. The highest BCUT2D eigenvalue weighted by Gasteiger charge is 2.04. The summed E-state index contributed by atoms with van der Waals surface area (Å²) in [6.07, 6.45) is 0. The third-order valence-electron chi connectivity index (χ3n) is 1.85.